The van der Waals surface area contributed by atoms with Crippen molar-refractivity contribution < 1.29 is 13.7 Å². The Kier molecular flexibility index (Phi) is 4.86. The lowest BCUT2D eigenvalue weighted by Crippen LogP contribution is -2.25. The van der Waals surface area contributed by atoms with Crippen LogP contribution in [0.4, 0.5) is 4.39 Å². The molecule has 2 aromatic carbocycles. The number of amides is 1. The van der Waals surface area contributed by atoms with Crippen LogP contribution in [0.5, 0.6) is 0 Å². The molecule has 0 aliphatic rings. The molecular formula is C17H13ClFN3O2. The molecule has 1 amide bonds. The van der Waals surface area contributed by atoms with Gasteiger partial charge in [0.05, 0.1) is 5.56 Å². The number of nitrogens with one attached hydrogen (secondary N) is 1. The molecule has 0 radical (unpaired) electrons. The normalized spacial score (nSPS) is 10.6. The van der Waals surface area contributed by atoms with E-state index in [0.717, 1.165) is 0 Å². The minimum atomic E-state index is -0.416. The monoisotopic (exact) mass is 345 g/mol. The van der Waals surface area contributed by atoms with Gasteiger partial charge in [0.25, 0.3) is 5.91 Å². The summed E-state index contributed by atoms with van der Waals surface area (Å²) in [5.74, 6) is -0.127. The third-order valence-corrected chi connectivity index (χ3v) is 3.57. The van der Waals surface area contributed by atoms with Crippen molar-refractivity contribution >= 4 is 17.5 Å². The number of benzene rings is 2. The molecule has 3 aromatic rings. The van der Waals surface area contributed by atoms with Crippen molar-refractivity contribution in [1.82, 2.24) is 15.5 Å². The second kappa shape index (κ2) is 7.23. The SMILES string of the molecule is O=C(NCCc1nc(-c2ccccc2F)no1)c1ccc(Cl)cc1. The van der Waals surface area contributed by atoms with Gasteiger partial charge in [-0.15, -0.1) is 0 Å². The van der Waals surface area contributed by atoms with E-state index in [-0.39, 0.29) is 17.3 Å². The van der Waals surface area contributed by atoms with Crippen molar-refractivity contribution in [3.63, 3.8) is 0 Å². The predicted octanol–water partition coefficient (Wildman–Crippen LogP) is 3.50. The number of rotatable bonds is 5. The molecule has 7 heteroatoms. The predicted molar refractivity (Wildman–Crippen MR) is 87.2 cm³/mol. The number of carbonyl (C=O) groups excluding carboxylic acids is 1. The second-order valence-corrected chi connectivity index (χ2v) is 5.44. The molecule has 0 aliphatic heterocycles. The van der Waals surface area contributed by atoms with Gasteiger partial charge in [0.2, 0.25) is 11.7 Å². The van der Waals surface area contributed by atoms with Gasteiger partial charge in [0, 0.05) is 23.6 Å². The second-order valence-electron chi connectivity index (χ2n) is 5.00. The smallest absolute Gasteiger partial charge is 0.251 e. The first-order valence-corrected chi connectivity index (χ1v) is 7.62. The Balaban J connectivity index is 1.57. The summed E-state index contributed by atoms with van der Waals surface area (Å²) in [6.07, 6.45) is 0.348. The van der Waals surface area contributed by atoms with Crippen molar-refractivity contribution in [2.24, 2.45) is 0 Å². The number of hydrogen-bond acceptors (Lipinski definition) is 4. The Morgan fingerprint density at radius 3 is 2.67 bits per heavy atom. The molecule has 5 nitrogen and oxygen atoms in total. The third-order valence-electron chi connectivity index (χ3n) is 3.31. The summed E-state index contributed by atoms with van der Waals surface area (Å²) < 4.78 is 18.8. The van der Waals surface area contributed by atoms with Gasteiger partial charge >= 0.3 is 0 Å². The minimum absolute atomic E-state index is 0.187. The topological polar surface area (TPSA) is 68.0 Å². The molecular weight excluding hydrogens is 333 g/mol. The van der Waals surface area contributed by atoms with E-state index in [1.54, 1.807) is 42.5 Å². The summed E-state index contributed by atoms with van der Waals surface area (Å²) >= 11 is 5.78. The average Bonchev–Trinajstić information content (AvgIpc) is 3.04. The molecule has 24 heavy (non-hydrogen) atoms. The molecule has 3 rings (SSSR count). The fraction of sp³-hybridized carbons (Fsp3) is 0.118. The van der Waals surface area contributed by atoms with Crippen LogP contribution >= 0.6 is 11.6 Å². The maximum atomic E-state index is 13.7. The fourth-order valence-corrected chi connectivity index (χ4v) is 2.22. The first kappa shape index (κ1) is 16.1. The van der Waals surface area contributed by atoms with E-state index in [4.69, 9.17) is 16.1 Å². The quantitative estimate of drug-likeness (QED) is 0.768. The lowest BCUT2D eigenvalue weighted by molar-refractivity contribution is 0.0953. The molecule has 1 N–H and O–H groups in total. The Morgan fingerprint density at radius 2 is 1.92 bits per heavy atom. The first-order valence-electron chi connectivity index (χ1n) is 7.25. The Morgan fingerprint density at radius 1 is 1.17 bits per heavy atom. The van der Waals surface area contributed by atoms with E-state index < -0.39 is 5.82 Å². The standard InChI is InChI=1S/C17H13ClFN3O2/c18-12-7-5-11(6-8-12)17(23)20-10-9-15-21-16(22-24-15)13-3-1-2-4-14(13)19/h1-8H,9-10H2,(H,20,23). The molecule has 0 unspecified atom stereocenters. The van der Waals surface area contributed by atoms with E-state index in [1.165, 1.54) is 6.07 Å². The van der Waals surface area contributed by atoms with Crippen molar-refractivity contribution in [3.05, 3.63) is 70.8 Å². The zero-order chi connectivity index (χ0) is 16.9. The van der Waals surface area contributed by atoms with Crippen LogP contribution in [0.3, 0.4) is 0 Å². The highest BCUT2D eigenvalue weighted by molar-refractivity contribution is 6.30. The maximum absolute atomic E-state index is 13.7. The summed E-state index contributed by atoms with van der Waals surface area (Å²) in [5.41, 5.74) is 0.787. The molecule has 0 bridgehead atoms. The lowest BCUT2D eigenvalue weighted by Gasteiger charge is -2.03. The van der Waals surface area contributed by atoms with E-state index in [2.05, 4.69) is 15.5 Å². The van der Waals surface area contributed by atoms with E-state index >= 15 is 0 Å². The highest BCUT2D eigenvalue weighted by Crippen LogP contribution is 2.19. The van der Waals surface area contributed by atoms with Crippen molar-refractivity contribution in [1.29, 1.82) is 0 Å². The average molecular weight is 346 g/mol. The molecule has 1 aromatic heterocycles. The number of hydrogen-bond donors (Lipinski definition) is 1. The number of carbonyl (C=O) groups is 1. The van der Waals surface area contributed by atoms with Crippen molar-refractivity contribution in [2.75, 3.05) is 6.54 Å². The van der Waals surface area contributed by atoms with Crippen LogP contribution in [-0.4, -0.2) is 22.6 Å². The number of halogens is 2. The van der Waals surface area contributed by atoms with E-state index in [0.29, 0.717) is 29.4 Å². The zero-order valence-electron chi connectivity index (χ0n) is 12.5. The summed E-state index contributed by atoms with van der Waals surface area (Å²) in [7, 11) is 0. The summed E-state index contributed by atoms with van der Waals surface area (Å²) in [4.78, 5) is 16.1. The number of aromatic nitrogens is 2. The fourth-order valence-electron chi connectivity index (χ4n) is 2.09. The summed E-state index contributed by atoms with van der Waals surface area (Å²) in [6.45, 7) is 0.320. The van der Waals surface area contributed by atoms with Gasteiger partial charge in [-0.1, -0.05) is 28.9 Å². The van der Waals surface area contributed by atoms with Gasteiger partial charge in [-0.05, 0) is 36.4 Å². The van der Waals surface area contributed by atoms with Gasteiger partial charge in [0.15, 0.2) is 0 Å². The molecule has 0 saturated carbocycles. The largest absolute Gasteiger partial charge is 0.352 e. The first-order chi connectivity index (χ1) is 11.6. The van der Waals surface area contributed by atoms with Crippen LogP contribution in [0.25, 0.3) is 11.4 Å². The van der Waals surface area contributed by atoms with Gasteiger partial charge < -0.3 is 9.84 Å². The molecule has 0 fully saturated rings. The van der Waals surface area contributed by atoms with Crippen LogP contribution in [-0.2, 0) is 6.42 Å². The van der Waals surface area contributed by atoms with Gasteiger partial charge in [-0.3, -0.25) is 4.79 Å². The van der Waals surface area contributed by atoms with Gasteiger partial charge in [-0.2, -0.15) is 4.98 Å². The lowest BCUT2D eigenvalue weighted by atomic mass is 10.2. The van der Waals surface area contributed by atoms with Crippen LogP contribution in [0.15, 0.2) is 53.1 Å². The Labute approximate surface area is 142 Å². The van der Waals surface area contributed by atoms with Gasteiger partial charge in [-0.25, -0.2) is 4.39 Å². The van der Waals surface area contributed by atoms with E-state index in [1.807, 2.05) is 0 Å². The Hall–Kier alpha value is -2.73. The van der Waals surface area contributed by atoms with Crippen LogP contribution in [0.2, 0.25) is 5.02 Å². The minimum Gasteiger partial charge on any atom is -0.352 e. The molecule has 0 aliphatic carbocycles. The molecule has 1 heterocycles. The van der Waals surface area contributed by atoms with Crippen LogP contribution < -0.4 is 5.32 Å². The zero-order valence-corrected chi connectivity index (χ0v) is 13.3. The number of nitrogens with zero attached hydrogens (tertiary/aromatic N) is 2. The third kappa shape index (κ3) is 3.78. The van der Waals surface area contributed by atoms with Crippen molar-refractivity contribution in [3.8, 4) is 11.4 Å². The maximum Gasteiger partial charge on any atom is 0.251 e. The van der Waals surface area contributed by atoms with Crippen LogP contribution in [0, 0.1) is 5.82 Å². The molecule has 122 valence electrons. The molecule has 0 atom stereocenters. The van der Waals surface area contributed by atoms with Crippen LogP contribution in [0.1, 0.15) is 16.2 Å². The van der Waals surface area contributed by atoms with Crippen molar-refractivity contribution in [2.45, 2.75) is 6.42 Å². The molecule has 0 spiro atoms. The summed E-state index contributed by atoms with van der Waals surface area (Å²) in [6, 6.07) is 12.8. The van der Waals surface area contributed by atoms with E-state index in [9.17, 15) is 9.18 Å². The highest BCUT2D eigenvalue weighted by Gasteiger charge is 2.12. The summed E-state index contributed by atoms with van der Waals surface area (Å²) in [5, 5.41) is 7.07. The Bertz CT molecular complexity index is 849. The molecule has 0 saturated heterocycles. The van der Waals surface area contributed by atoms with Gasteiger partial charge in [0.1, 0.15) is 5.82 Å². The highest BCUT2D eigenvalue weighted by atomic mass is 35.5.